The first-order valence-electron chi connectivity index (χ1n) is 43.1. The van der Waals surface area contributed by atoms with Gasteiger partial charge in [-0.15, -0.1) is 0 Å². The number of hydrogen-bond donors (Lipinski definition) is 5. The van der Waals surface area contributed by atoms with E-state index in [4.69, 9.17) is 82.3 Å². The maximum absolute atomic E-state index is 13.3. The first-order valence-corrected chi connectivity index (χ1v) is 44.5. The van der Waals surface area contributed by atoms with E-state index in [0.29, 0.717) is 113 Å². The summed E-state index contributed by atoms with van der Waals surface area (Å²) in [6, 6.07) is 20.5. The summed E-state index contributed by atoms with van der Waals surface area (Å²) in [7, 11) is -0.510. The van der Waals surface area contributed by atoms with Gasteiger partial charge in [-0.2, -0.15) is 18.4 Å². The first kappa shape index (κ1) is 99.4. The number of nitrogens with two attached hydrogens (primary N) is 1. The molecule has 41 heteroatoms. The van der Waals surface area contributed by atoms with E-state index in [-0.39, 0.29) is 111 Å². The minimum Gasteiger partial charge on any atom is -0.491 e. The highest BCUT2D eigenvalue weighted by Crippen LogP contribution is 2.35. The Kier molecular flexibility index (Phi) is 35.3. The number of amides is 7. The van der Waals surface area contributed by atoms with E-state index < -0.39 is 75.1 Å². The van der Waals surface area contributed by atoms with Crippen molar-refractivity contribution in [1.82, 2.24) is 64.1 Å². The molecule has 5 aliphatic heterocycles. The van der Waals surface area contributed by atoms with Gasteiger partial charge in [0.25, 0.3) is 33.7 Å². The molecule has 2 atom stereocenters. The average molecular weight is 1830 g/mol. The van der Waals surface area contributed by atoms with Crippen LogP contribution in [0.15, 0.2) is 115 Å². The van der Waals surface area contributed by atoms with Crippen molar-refractivity contribution in [3.8, 4) is 11.5 Å². The molecule has 3 saturated heterocycles. The highest BCUT2D eigenvalue weighted by Gasteiger charge is 2.46. The number of pyridine rings is 2. The Morgan fingerprint density at radius 2 is 0.969 bits per heavy atom. The molecule has 11 heterocycles. The Labute approximate surface area is 759 Å². The molecule has 2 unspecified atom stereocenters. The third-order valence-electron chi connectivity index (χ3n) is 21.5. The third kappa shape index (κ3) is 26.8. The van der Waals surface area contributed by atoms with Gasteiger partial charge in [0.2, 0.25) is 29.6 Å². The fraction of sp³-hybridized carbons (Fsp3) is 0.489. The maximum Gasteiger partial charge on any atom is 0.306 e. The van der Waals surface area contributed by atoms with Gasteiger partial charge >= 0.3 is 5.97 Å². The van der Waals surface area contributed by atoms with Crippen LogP contribution < -0.4 is 41.0 Å². The van der Waals surface area contributed by atoms with Crippen LogP contribution in [0.5, 0.6) is 11.5 Å². The summed E-state index contributed by atoms with van der Waals surface area (Å²) in [6.07, 6.45) is 11.1. The zero-order valence-electron chi connectivity index (χ0n) is 74.5. The lowest BCUT2D eigenvalue weighted by molar-refractivity contribution is -0.155. The van der Waals surface area contributed by atoms with Gasteiger partial charge in [0.05, 0.1) is 129 Å². The fourth-order valence-corrected chi connectivity index (χ4v) is 15.6. The van der Waals surface area contributed by atoms with Crippen molar-refractivity contribution in [3.05, 3.63) is 149 Å². The lowest BCUT2D eigenvalue weighted by Crippen LogP contribution is -2.54. The van der Waals surface area contributed by atoms with Crippen molar-refractivity contribution in [2.24, 2.45) is 5.73 Å². The summed E-state index contributed by atoms with van der Waals surface area (Å²) in [5.41, 5.74) is 9.72. The zero-order chi connectivity index (χ0) is 92.8. The van der Waals surface area contributed by atoms with Crippen LogP contribution in [0, 0.1) is 6.92 Å². The number of aromatic nitrogens is 10. The molecule has 5 aliphatic rings. The number of fused-ring (bicyclic) bond motifs is 4. The van der Waals surface area contributed by atoms with Crippen LogP contribution in [0.2, 0.25) is 0 Å². The van der Waals surface area contributed by atoms with Gasteiger partial charge in [-0.3, -0.25) is 58.0 Å². The Balaban J connectivity index is 0.000000225. The predicted octanol–water partition coefficient (Wildman–Crippen LogP) is 9.43. The molecule has 0 saturated carbocycles. The number of carbonyl (C=O) groups excluding carboxylic acids is 8. The number of imide groups is 3. The highest BCUT2D eigenvalue weighted by molar-refractivity contribution is 7.85. The molecule has 0 spiro atoms. The van der Waals surface area contributed by atoms with Crippen LogP contribution in [0.4, 0.5) is 35.2 Å². The second kappa shape index (κ2) is 46.6. The molecule has 0 aliphatic carbocycles. The van der Waals surface area contributed by atoms with Crippen LogP contribution in [0.1, 0.15) is 178 Å². The number of methoxy groups -OCH3 is 2. The van der Waals surface area contributed by atoms with Crippen molar-refractivity contribution in [2.75, 3.05) is 140 Å². The summed E-state index contributed by atoms with van der Waals surface area (Å²) >= 11 is 0. The number of ether oxygens (including phenoxy) is 11. The van der Waals surface area contributed by atoms with E-state index in [1.54, 1.807) is 84.0 Å². The summed E-state index contributed by atoms with van der Waals surface area (Å²) in [4.78, 5) is 144. The first-order chi connectivity index (χ1) is 62.4. The molecule has 6 N–H and O–H groups in total. The van der Waals surface area contributed by atoms with E-state index in [2.05, 4.69) is 82.5 Å². The van der Waals surface area contributed by atoms with E-state index >= 15 is 0 Å². The normalized spacial score (nSPS) is 15.7. The minimum atomic E-state index is -4.02. The Morgan fingerprint density at radius 3 is 1.40 bits per heavy atom. The maximum atomic E-state index is 13.3. The van der Waals surface area contributed by atoms with Gasteiger partial charge in [0.15, 0.2) is 0 Å². The molecule has 6 aromatic heterocycles. The quantitative estimate of drug-likeness (QED) is 0.0103. The molecule has 0 bridgehead atoms. The van der Waals surface area contributed by atoms with Crippen LogP contribution in [-0.4, -0.2) is 269 Å². The summed E-state index contributed by atoms with van der Waals surface area (Å²) in [6.45, 7) is 23.1. The summed E-state index contributed by atoms with van der Waals surface area (Å²) in [5.74, 6) is 1.22. The molecule has 14 rings (SSSR count). The number of anilines is 6. The second-order valence-corrected chi connectivity index (χ2v) is 34.0. The smallest absolute Gasteiger partial charge is 0.306 e. The molecule has 3 fully saturated rings. The molecule has 7 amide bonds. The number of piperidine rings is 3. The second-order valence-electron chi connectivity index (χ2n) is 32.6. The number of primary amides is 1. The van der Waals surface area contributed by atoms with E-state index in [1.807, 2.05) is 31.2 Å². The number of benzene rings is 3. The van der Waals surface area contributed by atoms with Gasteiger partial charge in [0, 0.05) is 89.9 Å². The Hall–Kier alpha value is -12.2. The molecule has 704 valence electrons. The number of hydrogen-bond acceptors (Lipinski definition) is 33. The number of aryl methyl sites for hydroxylation is 1. The van der Waals surface area contributed by atoms with Crippen LogP contribution in [-0.2, 0) is 85.1 Å². The standard InChI is InChI=1S/C43H57N9O10.C39H47N9O9.C7H8O3S.CH4/c1-27(2)51-34-24-36(48-35-11-14-45-42(49-35)50-15-12-28(57-6)13-16-50)46-25-32(34)47-37(51)26-60-20-19-58-17-18-59-21-22-61-29-7-8-30-31(23-29)41(56)52(40(30)55)33(39(44)54)9-10-38(53)62-43(3,4)5;1-24(2)47-31-21-33(43-32-8-11-40-39(44-32)46-12-9-25(53-3)10-13-46)41-22-29(31)42-34(47)23-56-17-16-54-14-15-55-18-19-57-26-4-5-27-28(20-26)38(52)48(37(27)51)30-6-7-35(49)45-36(30)50;1-6-2-4-7(5-3-6)11(8,9)10;/h7-8,11,14,23-25,27-28,33H,9-10,12-13,15-22,26H2,1-6H3,(H2,44,54)(H,45,46,48,49);4-5,8,11,20-22,24-25,30H,6-7,9-10,12-19,23H2,1-3H3,(H,45,49,50)(H,40,41,43,44);2-5H,1H3,(H,8,9,10);1H4. The van der Waals surface area contributed by atoms with Crippen LogP contribution >= 0.6 is 0 Å². The van der Waals surface area contributed by atoms with Crippen molar-refractivity contribution in [3.63, 3.8) is 0 Å². The Morgan fingerprint density at radius 1 is 0.542 bits per heavy atom. The third-order valence-corrected chi connectivity index (χ3v) is 22.4. The topological polar surface area (TPSA) is 481 Å². The van der Waals surface area contributed by atoms with Crippen LogP contribution in [0.25, 0.3) is 22.1 Å². The van der Waals surface area contributed by atoms with Gasteiger partial charge < -0.3 is 87.4 Å². The SMILES string of the molecule is C.COC1CCN(c2nccc(Nc3cc4c(cn3)nc(COCCOCCOCCOc3ccc5c(c3)C(=O)N(C(CCC(=O)OC(C)(C)C)C(N)=O)C5=O)n4C(C)C)n2)CC1.COC1CCN(c2nccc(Nc3cc4c(cn3)nc(COCCOCCOCCOc3ccc5c(c3)C(=O)N(C3CCC(=O)NC3=O)C5=O)n4C(C)C)n2)CC1.Cc1ccc(S(=O)(=O)O)cc1. The van der Waals surface area contributed by atoms with Crippen LogP contribution in [0.3, 0.4) is 0 Å². The lowest BCUT2D eigenvalue weighted by Gasteiger charge is -2.31. The number of carbonyl (C=O) groups is 8. The fourth-order valence-electron chi connectivity index (χ4n) is 15.1. The molecular weight excluding hydrogens is 1720 g/mol. The molecular formula is C90H116N18O22S. The van der Waals surface area contributed by atoms with Gasteiger partial charge in [-0.25, -0.2) is 29.9 Å². The highest BCUT2D eigenvalue weighted by atomic mass is 32.2. The molecule has 40 nitrogen and oxygen atoms in total. The molecule has 3 aromatic carbocycles. The molecule has 131 heavy (non-hydrogen) atoms. The number of imidazole rings is 2. The summed E-state index contributed by atoms with van der Waals surface area (Å²) in [5, 5.41) is 8.85. The van der Waals surface area contributed by atoms with Gasteiger partial charge in [-0.1, -0.05) is 25.1 Å². The Bertz CT molecular complexity index is 5580. The van der Waals surface area contributed by atoms with E-state index in [9.17, 15) is 46.8 Å². The van der Waals surface area contributed by atoms with Crippen molar-refractivity contribution >= 4 is 115 Å². The largest absolute Gasteiger partial charge is 0.491 e. The van der Waals surface area contributed by atoms with E-state index in [1.165, 1.54) is 36.4 Å². The van der Waals surface area contributed by atoms with Gasteiger partial charge in [-0.05, 0) is 155 Å². The molecule has 0 radical (unpaired) electrons. The summed E-state index contributed by atoms with van der Waals surface area (Å²) < 4.78 is 96.0. The number of rotatable bonds is 41. The van der Waals surface area contributed by atoms with Crippen molar-refractivity contribution in [1.29, 1.82) is 0 Å². The minimum absolute atomic E-state index is 0. The van der Waals surface area contributed by atoms with Crippen molar-refractivity contribution < 1.29 is 103 Å². The lowest BCUT2D eigenvalue weighted by atomic mass is 10.0. The number of nitrogens with one attached hydrogen (secondary N) is 3. The number of nitrogens with zero attached hydrogens (tertiary/aromatic N) is 14. The van der Waals surface area contributed by atoms with E-state index in [0.717, 1.165) is 101 Å². The van der Waals surface area contributed by atoms with Gasteiger partial charge in [0.1, 0.15) is 102 Å². The monoisotopic (exact) mass is 1830 g/mol. The predicted molar refractivity (Wildman–Crippen MR) is 480 cm³/mol. The number of esters is 1. The van der Waals surface area contributed by atoms with Crippen molar-refractivity contribution in [2.45, 2.75) is 174 Å². The zero-order valence-corrected chi connectivity index (χ0v) is 75.3. The molecule has 9 aromatic rings. The average Bonchev–Trinajstić information content (AvgIpc) is 1.56.